The van der Waals surface area contributed by atoms with Gasteiger partial charge in [-0.15, -0.1) is 0 Å². The van der Waals surface area contributed by atoms with Gasteiger partial charge in [0.05, 0.1) is 0 Å². The second-order valence-corrected chi connectivity index (χ2v) is 5.88. The van der Waals surface area contributed by atoms with Crippen LogP contribution in [0, 0.1) is 23.7 Å². The molecule has 0 aromatic rings. The van der Waals surface area contributed by atoms with E-state index in [4.69, 9.17) is 0 Å². The average Bonchev–Trinajstić information content (AvgIpc) is 2.31. The van der Waals surface area contributed by atoms with Crippen molar-refractivity contribution >= 4 is 6.29 Å². The van der Waals surface area contributed by atoms with E-state index in [9.17, 15) is 4.79 Å². The molecule has 0 radical (unpaired) electrons. The van der Waals surface area contributed by atoms with Gasteiger partial charge in [0.1, 0.15) is 6.29 Å². The van der Waals surface area contributed by atoms with E-state index in [0.717, 1.165) is 30.5 Å². The van der Waals surface area contributed by atoms with Crippen molar-refractivity contribution in [2.24, 2.45) is 23.7 Å². The van der Waals surface area contributed by atoms with Crippen molar-refractivity contribution in [1.82, 2.24) is 0 Å². The van der Waals surface area contributed by atoms with Crippen molar-refractivity contribution in [3.63, 3.8) is 0 Å². The summed E-state index contributed by atoms with van der Waals surface area (Å²) in [6, 6.07) is 0. The number of aldehydes is 1. The molecule has 0 N–H and O–H groups in total. The molecule has 0 saturated heterocycles. The molecular formula is C15H28O. The maximum atomic E-state index is 10.6. The summed E-state index contributed by atoms with van der Waals surface area (Å²) in [7, 11) is 0. The predicted octanol–water partition coefficient (Wildman–Crippen LogP) is 4.45. The van der Waals surface area contributed by atoms with Gasteiger partial charge in [-0.05, 0) is 43.4 Å². The van der Waals surface area contributed by atoms with Crippen LogP contribution in [0.1, 0.15) is 65.7 Å². The van der Waals surface area contributed by atoms with Gasteiger partial charge >= 0.3 is 0 Å². The van der Waals surface area contributed by atoms with Gasteiger partial charge in [-0.1, -0.05) is 40.0 Å². The lowest BCUT2D eigenvalue weighted by Crippen LogP contribution is -2.21. The Balaban J connectivity index is 2.32. The molecule has 1 aliphatic carbocycles. The Morgan fingerprint density at radius 1 is 1.19 bits per heavy atom. The lowest BCUT2D eigenvalue weighted by molar-refractivity contribution is -0.110. The third-order valence-electron chi connectivity index (χ3n) is 4.48. The van der Waals surface area contributed by atoms with E-state index < -0.39 is 0 Å². The molecule has 1 nitrogen and oxygen atoms in total. The van der Waals surface area contributed by atoms with E-state index in [-0.39, 0.29) is 5.92 Å². The summed E-state index contributed by atoms with van der Waals surface area (Å²) in [4.78, 5) is 10.6. The highest BCUT2D eigenvalue weighted by molar-refractivity contribution is 5.52. The zero-order valence-electron chi connectivity index (χ0n) is 11.2. The van der Waals surface area contributed by atoms with Gasteiger partial charge in [0.25, 0.3) is 0 Å². The van der Waals surface area contributed by atoms with Crippen LogP contribution in [0.25, 0.3) is 0 Å². The lowest BCUT2D eigenvalue weighted by atomic mass is 9.73. The molecule has 2 atom stereocenters. The monoisotopic (exact) mass is 224 g/mol. The molecule has 94 valence electrons. The highest BCUT2D eigenvalue weighted by atomic mass is 16.1. The summed E-state index contributed by atoms with van der Waals surface area (Å²) in [5, 5.41) is 0. The zero-order valence-corrected chi connectivity index (χ0v) is 11.2. The van der Waals surface area contributed by atoms with Crippen molar-refractivity contribution in [3.8, 4) is 0 Å². The van der Waals surface area contributed by atoms with Crippen LogP contribution in [0.2, 0.25) is 0 Å². The van der Waals surface area contributed by atoms with Gasteiger partial charge in [-0.3, -0.25) is 0 Å². The van der Waals surface area contributed by atoms with Gasteiger partial charge < -0.3 is 4.79 Å². The van der Waals surface area contributed by atoms with Gasteiger partial charge in [-0.25, -0.2) is 0 Å². The zero-order chi connectivity index (χ0) is 12.0. The first-order chi connectivity index (χ1) is 7.67. The fourth-order valence-corrected chi connectivity index (χ4v) is 3.08. The van der Waals surface area contributed by atoms with Crippen LogP contribution in [0.5, 0.6) is 0 Å². The summed E-state index contributed by atoms with van der Waals surface area (Å²) in [5.41, 5.74) is 0. The topological polar surface area (TPSA) is 17.1 Å². The molecule has 1 saturated carbocycles. The summed E-state index contributed by atoms with van der Waals surface area (Å²) in [6.07, 6.45) is 10.4. The van der Waals surface area contributed by atoms with Gasteiger partial charge in [0, 0.05) is 5.92 Å². The second kappa shape index (κ2) is 7.09. The van der Waals surface area contributed by atoms with Gasteiger partial charge in [-0.2, -0.15) is 0 Å². The number of hydrogen-bond acceptors (Lipinski definition) is 1. The molecule has 2 unspecified atom stereocenters. The molecule has 0 aromatic heterocycles. The predicted molar refractivity (Wildman–Crippen MR) is 69.4 cm³/mol. The highest BCUT2D eigenvalue weighted by Gasteiger charge is 2.24. The van der Waals surface area contributed by atoms with E-state index in [1.165, 1.54) is 38.5 Å². The van der Waals surface area contributed by atoms with Crippen LogP contribution in [0.4, 0.5) is 0 Å². The molecule has 1 fully saturated rings. The SMILES string of the molecule is CCC(CCC(C)C=O)C1CCC(C)CC1. The van der Waals surface area contributed by atoms with Gasteiger partial charge in [0.2, 0.25) is 0 Å². The first-order valence-electron chi connectivity index (χ1n) is 7.12. The third kappa shape index (κ3) is 4.27. The quantitative estimate of drug-likeness (QED) is 0.609. The largest absolute Gasteiger partial charge is 0.303 e. The van der Waals surface area contributed by atoms with Crippen LogP contribution < -0.4 is 0 Å². The summed E-state index contributed by atoms with van der Waals surface area (Å²) >= 11 is 0. The standard InChI is InChI=1S/C15H28O/c1-4-14(8-7-13(3)11-16)15-9-5-12(2)6-10-15/h11-15H,4-10H2,1-3H3. The maximum Gasteiger partial charge on any atom is 0.122 e. The normalized spacial score (nSPS) is 29.7. The number of carbonyl (C=O) groups excluding carboxylic acids is 1. The maximum absolute atomic E-state index is 10.6. The van der Waals surface area contributed by atoms with Crippen LogP contribution in [-0.2, 0) is 4.79 Å². The number of rotatable bonds is 6. The molecule has 0 heterocycles. The summed E-state index contributed by atoms with van der Waals surface area (Å²) < 4.78 is 0. The Kier molecular flexibility index (Phi) is 6.08. The van der Waals surface area contributed by atoms with E-state index >= 15 is 0 Å². The molecular weight excluding hydrogens is 196 g/mol. The highest BCUT2D eigenvalue weighted by Crippen LogP contribution is 2.36. The lowest BCUT2D eigenvalue weighted by Gasteiger charge is -2.32. The number of hydrogen-bond donors (Lipinski definition) is 0. The van der Waals surface area contributed by atoms with Crippen molar-refractivity contribution in [1.29, 1.82) is 0 Å². The molecule has 0 aliphatic heterocycles. The van der Waals surface area contributed by atoms with E-state index in [0.29, 0.717) is 0 Å². The molecule has 16 heavy (non-hydrogen) atoms. The Hall–Kier alpha value is -0.330. The van der Waals surface area contributed by atoms with Crippen LogP contribution in [0.3, 0.4) is 0 Å². The van der Waals surface area contributed by atoms with Crippen molar-refractivity contribution in [2.45, 2.75) is 65.7 Å². The Morgan fingerprint density at radius 2 is 1.81 bits per heavy atom. The van der Waals surface area contributed by atoms with Crippen molar-refractivity contribution < 1.29 is 4.79 Å². The minimum Gasteiger partial charge on any atom is -0.303 e. The van der Waals surface area contributed by atoms with Crippen LogP contribution in [-0.4, -0.2) is 6.29 Å². The average molecular weight is 224 g/mol. The van der Waals surface area contributed by atoms with E-state index in [1.807, 2.05) is 6.92 Å². The smallest absolute Gasteiger partial charge is 0.122 e. The molecule has 0 aromatic carbocycles. The van der Waals surface area contributed by atoms with Crippen molar-refractivity contribution in [2.75, 3.05) is 0 Å². The fraction of sp³-hybridized carbons (Fsp3) is 0.933. The second-order valence-electron chi connectivity index (χ2n) is 5.88. The van der Waals surface area contributed by atoms with Crippen LogP contribution in [0.15, 0.2) is 0 Å². The first-order valence-corrected chi connectivity index (χ1v) is 7.12. The molecule has 0 bridgehead atoms. The minimum absolute atomic E-state index is 0.261. The van der Waals surface area contributed by atoms with Crippen LogP contribution >= 0.6 is 0 Å². The van der Waals surface area contributed by atoms with Gasteiger partial charge in [0.15, 0.2) is 0 Å². The molecule has 0 spiro atoms. The summed E-state index contributed by atoms with van der Waals surface area (Å²) in [5.74, 6) is 3.02. The Morgan fingerprint density at radius 3 is 2.31 bits per heavy atom. The minimum atomic E-state index is 0.261. The van der Waals surface area contributed by atoms with Crippen molar-refractivity contribution in [3.05, 3.63) is 0 Å². The molecule has 1 heteroatoms. The fourth-order valence-electron chi connectivity index (χ4n) is 3.08. The van der Waals surface area contributed by atoms with E-state index in [2.05, 4.69) is 13.8 Å². The molecule has 1 rings (SSSR count). The summed E-state index contributed by atoms with van der Waals surface area (Å²) in [6.45, 7) is 6.74. The third-order valence-corrected chi connectivity index (χ3v) is 4.48. The number of carbonyl (C=O) groups is 1. The first kappa shape index (κ1) is 13.7. The molecule has 1 aliphatic rings. The Bertz CT molecular complexity index is 192. The molecule has 0 amide bonds. The Labute approximate surface area is 101 Å². The van der Waals surface area contributed by atoms with E-state index in [1.54, 1.807) is 0 Å².